The molecule has 8 nitrogen and oxygen atoms in total. The molecule has 0 saturated heterocycles. The van der Waals surface area contributed by atoms with Crippen molar-refractivity contribution in [2.45, 2.75) is 0 Å². The van der Waals surface area contributed by atoms with E-state index in [1.165, 1.54) is 18.2 Å². The number of nitriles is 1. The molecule has 2 N–H and O–H groups in total. The lowest BCUT2D eigenvalue weighted by Crippen LogP contribution is -2.11. The lowest BCUT2D eigenvalue weighted by Gasteiger charge is -1.99. The van der Waals surface area contributed by atoms with Crippen LogP contribution in [0.1, 0.15) is 31.5 Å². The summed E-state index contributed by atoms with van der Waals surface area (Å²) in [5.74, 6) is -0.501. The number of carbonyl (C=O) groups excluding carboxylic acids is 1. The Morgan fingerprint density at radius 1 is 1.03 bits per heavy atom. The SMILES string of the molecule is N#CC(=Cc1ccc(-c2cccc(C(=O)O)c2)o1)c1nnc(NC(=O)c2ccccc2)s1. The van der Waals surface area contributed by atoms with Crippen LogP contribution in [0, 0.1) is 11.3 Å². The van der Waals surface area contributed by atoms with E-state index in [4.69, 9.17) is 9.52 Å². The van der Waals surface area contributed by atoms with Crippen molar-refractivity contribution in [3.8, 4) is 17.4 Å². The van der Waals surface area contributed by atoms with Gasteiger partial charge in [0, 0.05) is 17.2 Å². The third kappa shape index (κ3) is 4.61. The highest BCUT2D eigenvalue weighted by molar-refractivity contribution is 7.16. The number of aromatic nitrogens is 2. The molecule has 2 heterocycles. The minimum atomic E-state index is -1.03. The standard InChI is InChI=1S/C23H14N4O4S/c24-13-17(21-26-27-23(32-21)25-20(28)14-5-2-1-3-6-14)12-18-9-10-19(31-18)15-7-4-8-16(11-15)22(29)30/h1-12H,(H,29,30)(H,25,27,28). The average Bonchev–Trinajstić information content (AvgIpc) is 3.48. The summed E-state index contributed by atoms with van der Waals surface area (Å²) in [5, 5.41) is 29.9. The van der Waals surface area contributed by atoms with E-state index in [-0.39, 0.29) is 22.2 Å². The summed E-state index contributed by atoms with van der Waals surface area (Å²) in [6.45, 7) is 0. The number of benzene rings is 2. The summed E-state index contributed by atoms with van der Waals surface area (Å²) in [6, 6.07) is 20.5. The molecule has 2 aromatic heterocycles. The Hall–Kier alpha value is -4.55. The van der Waals surface area contributed by atoms with Crippen LogP contribution in [0.5, 0.6) is 0 Å². The van der Waals surface area contributed by atoms with Crippen LogP contribution >= 0.6 is 11.3 Å². The van der Waals surface area contributed by atoms with Gasteiger partial charge >= 0.3 is 5.97 Å². The van der Waals surface area contributed by atoms with Gasteiger partial charge in [-0.2, -0.15) is 5.26 Å². The van der Waals surface area contributed by atoms with Gasteiger partial charge in [-0.3, -0.25) is 10.1 Å². The van der Waals surface area contributed by atoms with E-state index in [0.29, 0.717) is 27.7 Å². The second-order valence-electron chi connectivity index (χ2n) is 6.49. The van der Waals surface area contributed by atoms with Gasteiger partial charge in [0.1, 0.15) is 17.6 Å². The molecule has 0 unspecified atom stereocenters. The highest BCUT2D eigenvalue weighted by Crippen LogP contribution is 2.28. The Morgan fingerprint density at radius 3 is 2.56 bits per heavy atom. The van der Waals surface area contributed by atoms with Gasteiger partial charge in [-0.25, -0.2) is 4.79 Å². The quantitative estimate of drug-likeness (QED) is 0.410. The van der Waals surface area contributed by atoms with E-state index in [2.05, 4.69) is 21.6 Å². The Balaban J connectivity index is 1.53. The number of anilines is 1. The maximum Gasteiger partial charge on any atom is 0.335 e. The molecular weight excluding hydrogens is 428 g/mol. The highest BCUT2D eigenvalue weighted by atomic mass is 32.1. The number of hydrogen-bond donors (Lipinski definition) is 2. The van der Waals surface area contributed by atoms with Crippen molar-refractivity contribution in [2.75, 3.05) is 5.32 Å². The number of allylic oxidation sites excluding steroid dienone is 1. The molecule has 4 rings (SSSR count). The minimum absolute atomic E-state index is 0.146. The van der Waals surface area contributed by atoms with Crippen LogP contribution < -0.4 is 5.32 Å². The number of nitrogens with one attached hydrogen (secondary N) is 1. The third-order valence-electron chi connectivity index (χ3n) is 4.34. The first-order valence-electron chi connectivity index (χ1n) is 9.29. The molecule has 0 atom stereocenters. The largest absolute Gasteiger partial charge is 0.478 e. The zero-order chi connectivity index (χ0) is 22.5. The Bertz CT molecular complexity index is 1370. The lowest BCUT2D eigenvalue weighted by molar-refractivity contribution is 0.0696. The molecule has 0 aliphatic rings. The van der Waals surface area contributed by atoms with Gasteiger partial charge in [-0.15, -0.1) is 10.2 Å². The van der Waals surface area contributed by atoms with Gasteiger partial charge < -0.3 is 9.52 Å². The Labute approximate surface area is 186 Å². The van der Waals surface area contributed by atoms with Gasteiger partial charge in [-0.1, -0.05) is 41.7 Å². The predicted molar refractivity (Wildman–Crippen MR) is 119 cm³/mol. The van der Waals surface area contributed by atoms with Crippen LogP contribution in [0.2, 0.25) is 0 Å². The number of carbonyl (C=O) groups is 2. The van der Waals surface area contributed by atoms with Gasteiger partial charge in [0.2, 0.25) is 5.13 Å². The summed E-state index contributed by atoms with van der Waals surface area (Å²) >= 11 is 1.06. The zero-order valence-corrected chi connectivity index (χ0v) is 17.2. The molecular formula is C23H14N4O4S. The number of furan rings is 1. The number of carboxylic acids is 1. The van der Waals surface area contributed by atoms with Crippen LogP contribution in [-0.2, 0) is 0 Å². The second-order valence-corrected chi connectivity index (χ2v) is 7.47. The van der Waals surface area contributed by atoms with Crippen molar-refractivity contribution in [3.05, 3.63) is 88.6 Å². The highest BCUT2D eigenvalue weighted by Gasteiger charge is 2.14. The van der Waals surface area contributed by atoms with Gasteiger partial charge in [0.15, 0.2) is 5.01 Å². The summed E-state index contributed by atoms with van der Waals surface area (Å²) in [7, 11) is 0. The van der Waals surface area contributed by atoms with Gasteiger partial charge in [0.25, 0.3) is 5.91 Å². The average molecular weight is 442 g/mol. The molecule has 0 bridgehead atoms. The number of amides is 1. The first-order chi connectivity index (χ1) is 15.5. The van der Waals surface area contributed by atoms with E-state index in [1.807, 2.05) is 6.07 Å². The van der Waals surface area contributed by atoms with E-state index in [0.717, 1.165) is 11.3 Å². The van der Waals surface area contributed by atoms with Crippen molar-refractivity contribution in [1.29, 1.82) is 5.26 Å². The van der Waals surface area contributed by atoms with Crippen molar-refractivity contribution in [1.82, 2.24) is 10.2 Å². The second kappa shape index (κ2) is 9.07. The number of aromatic carboxylic acids is 1. The molecule has 156 valence electrons. The summed E-state index contributed by atoms with van der Waals surface area (Å²) in [4.78, 5) is 23.4. The Kier molecular flexibility index (Phi) is 5.87. The maximum absolute atomic E-state index is 12.3. The number of nitrogens with zero attached hydrogens (tertiary/aromatic N) is 3. The normalized spacial score (nSPS) is 11.0. The van der Waals surface area contributed by atoms with Crippen molar-refractivity contribution in [3.63, 3.8) is 0 Å². The van der Waals surface area contributed by atoms with Gasteiger partial charge in [0.05, 0.1) is 11.1 Å². The zero-order valence-electron chi connectivity index (χ0n) is 16.4. The maximum atomic E-state index is 12.3. The van der Waals surface area contributed by atoms with Crippen LogP contribution in [0.25, 0.3) is 23.0 Å². The molecule has 1 amide bonds. The van der Waals surface area contributed by atoms with E-state index < -0.39 is 5.97 Å². The van der Waals surface area contributed by atoms with Crippen molar-refractivity contribution < 1.29 is 19.1 Å². The molecule has 4 aromatic rings. The number of hydrogen-bond acceptors (Lipinski definition) is 7. The van der Waals surface area contributed by atoms with Crippen LogP contribution in [-0.4, -0.2) is 27.2 Å². The van der Waals surface area contributed by atoms with Crippen LogP contribution in [0.15, 0.2) is 71.1 Å². The molecule has 2 aromatic carbocycles. The molecule has 0 aliphatic heterocycles. The predicted octanol–water partition coefficient (Wildman–Crippen LogP) is 4.81. The molecule has 32 heavy (non-hydrogen) atoms. The van der Waals surface area contributed by atoms with Crippen molar-refractivity contribution >= 4 is 40.0 Å². The van der Waals surface area contributed by atoms with Crippen LogP contribution in [0.4, 0.5) is 5.13 Å². The monoisotopic (exact) mass is 442 g/mol. The molecule has 0 spiro atoms. The van der Waals surface area contributed by atoms with E-state index in [9.17, 15) is 14.9 Å². The number of carboxylic acid groups (broad SMARTS) is 1. The summed E-state index contributed by atoms with van der Waals surface area (Å²) in [6.07, 6.45) is 1.51. The third-order valence-corrected chi connectivity index (χ3v) is 5.21. The first kappa shape index (κ1) is 20.7. The molecule has 9 heteroatoms. The van der Waals surface area contributed by atoms with Gasteiger partial charge in [-0.05, 0) is 36.4 Å². The van der Waals surface area contributed by atoms with E-state index in [1.54, 1.807) is 48.5 Å². The fourth-order valence-electron chi connectivity index (χ4n) is 2.82. The van der Waals surface area contributed by atoms with Crippen LogP contribution in [0.3, 0.4) is 0 Å². The summed E-state index contributed by atoms with van der Waals surface area (Å²) < 4.78 is 5.75. The fourth-order valence-corrected chi connectivity index (χ4v) is 3.52. The Morgan fingerprint density at radius 2 is 1.81 bits per heavy atom. The fraction of sp³-hybridized carbons (Fsp3) is 0. The molecule has 0 fully saturated rings. The minimum Gasteiger partial charge on any atom is -0.478 e. The first-order valence-corrected chi connectivity index (χ1v) is 10.1. The lowest BCUT2D eigenvalue weighted by atomic mass is 10.1. The van der Waals surface area contributed by atoms with Crippen molar-refractivity contribution in [2.24, 2.45) is 0 Å². The smallest absolute Gasteiger partial charge is 0.335 e. The number of rotatable bonds is 6. The summed E-state index contributed by atoms with van der Waals surface area (Å²) in [5.41, 5.74) is 1.44. The molecule has 0 radical (unpaired) electrons. The van der Waals surface area contributed by atoms with E-state index >= 15 is 0 Å². The topological polar surface area (TPSA) is 129 Å². The molecule has 0 saturated carbocycles. The molecule has 0 aliphatic carbocycles.